The summed E-state index contributed by atoms with van der Waals surface area (Å²) in [5.41, 5.74) is 10.8. The van der Waals surface area contributed by atoms with Gasteiger partial charge in [0.1, 0.15) is 0 Å². The van der Waals surface area contributed by atoms with E-state index in [0.29, 0.717) is 0 Å². The number of halogens is 1. The third-order valence-corrected chi connectivity index (χ3v) is 4.71. The molecule has 1 unspecified atom stereocenters. The normalized spacial score (nSPS) is 14.3. The largest absolute Gasteiger partial charge is 0.321 e. The lowest BCUT2D eigenvalue weighted by molar-refractivity contribution is 0.468. The summed E-state index contributed by atoms with van der Waals surface area (Å²) in [6.07, 6.45) is 1.67. The van der Waals surface area contributed by atoms with Crippen molar-refractivity contribution in [1.29, 1.82) is 0 Å². The zero-order valence-corrected chi connectivity index (χ0v) is 14.2. The van der Waals surface area contributed by atoms with Crippen LogP contribution in [0.4, 0.5) is 0 Å². The van der Waals surface area contributed by atoms with Crippen molar-refractivity contribution < 1.29 is 0 Å². The van der Waals surface area contributed by atoms with E-state index in [1.807, 2.05) is 23.9 Å². The predicted octanol–water partition coefficient (Wildman–Crippen LogP) is 3.47. The molecule has 0 aliphatic rings. The highest BCUT2D eigenvalue weighted by atomic mass is 79.9. The van der Waals surface area contributed by atoms with E-state index in [1.54, 1.807) is 0 Å². The first kappa shape index (κ1) is 15.3. The molecule has 1 aromatic heterocycles. The van der Waals surface area contributed by atoms with Gasteiger partial charge >= 0.3 is 0 Å². The van der Waals surface area contributed by atoms with Crippen molar-refractivity contribution in [3.05, 3.63) is 51.3 Å². The lowest BCUT2D eigenvalue weighted by Gasteiger charge is -2.27. The van der Waals surface area contributed by atoms with E-state index in [1.165, 1.54) is 11.1 Å². The second kappa shape index (κ2) is 5.70. The molecule has 3 nitrogen and oxygen atoms in total. The molecule has 2 aromatic rings. The number of hydrogen-bond donors (Lipinski definition) is 1. The summed E-state index contributed by atoms with van der Waals surface area (Å²) in [6, 6.07) is 8.31. The smallest absolute Gasteiger partial charge is 0.0766 e. The maximum absolute atomic E-state index is 6.60. The van der Waals surface area contributed by atoms with Gasteiger partial charge in [-0.25, -0.2) is 0 Å². The first-order valence-corrected chi connectivity index (χ1v) is 7.71. The Balaban J connectivity index is 2.38. The Morgan fingerprint density at radius 1 is 1.35 bits per heavy atom. The summed E-state index contributed by atoms with van der Waals surface area (Å²) in [7, 11) is 1.98. The van der Waals surface area contributed by atoms with Crippen molar-refractivity contribution >= 4 is 15.9 Å². The molecule has 0 radical (unpaired) electrons. The van der Waals surface area contributed by atoms with Gasteiger partial charge in [0.05, 0.1) is 15.9 Å². The van der Waals surface area contributed by atoms with Crippen LogP contribution in [-0.2, 0) is 25.4 Å². The van der Waals surface area contributed by atoms with Gasteiger partial charge in [-0.3, -0.25) is 4.68 Å². The van der Waals surface area contributed by atoms with Crippen molar-refractivity contribution in [2.75, 3.05) is 0 Å². The highest BCUT2D eigenvalue weighted by Crippen LogP contribution is 2.30. The van der Waals surface area contributed by atoms with Crippen LogP contribution in [0, 0.1) is 6.92 Å². The Morgan fingerprint density at radius 3 is 2.55 bits per heavy atom. The summed E-state index contributed by atoms with van der Waals surface area (Å²) >= 11 is 3.67. The Bertz CT molecular complexity index is 614. The minimum absolute atomic E-state index is 0.410. The Morgan fingerprint density at radius 2 is 2.00 bits per heavy atom. The third kappa shape index (κ3) is 2.81. The molecule has 2 rings (SSSR count). The first-order chi connectivity index (χ1) is 9.36. The quantitative estimate of drug-likeness (QED) is 0.929. The minimum atomic E-state index is -0.410. The van der Waals surface area contributed by atoms with Gasteiger partial charge in [-0.15, -0.1) is 0 Å². The van der Waals surface area contributed by atoms with Gasteiger partial charge in [-0.1, -0.05) is 31.2 Å². The number of benzene rings is 1. The molecule has 4 heteroatoms. The molecular formula is C16H22BrN3. The van der Waals surface area contributed by atoms with Gasteiger partial charge in [0.2, 0.25) is 0 Å². The molecule has 2 N–H and O–H groups in total. The van der Waals surface area contributed by atoms with Gasteiger partial charge in [0.15, 0.2) is 0 Å². The molecule has 1 heterocycles. The van der Waals surface area contributed by atoms with Crippen LogP contribution in [-0.4, -0.2) is 9.78 Å². The fourth-order valence-electron chi connectivity index (χ4n) is 2.67. The van der Waals surface area contributed by atoms with Crippen LogP contribution in [0.15, 0.2) is 28.7 Å². The SMILES string of the molecule is CCc1nn(C)c(CC(C)(N)c2ccccc2C)c1Br. The second-order valence-corrected chi connectivity index (χ2v) is 6.39. The van der Waals surface area contributed by atoms with E-state index in [0.717, 1.165) is 28.7 Å². The minimum Gasteiger partial charge on any atom is -0.321 e. The van der Waals surface area contributed by atoms with Gasteiger partial charge in [-0.05, 0) is 47.3 Å². The topological polar surface area (TPSA) is 43.8 Å². The fourth-order valence-corrected chi connectivity index (χ4v) is 3.43. The standard InChI is InChI=1S/C16H22BrN3/c1-5-13-15(17)14(20(4)19-13)10-16(3,18)12-9-7-6-8-11(12)2/h6-9H,5,10,18H2,1-4H3. The molecule has 0 saturated carbocycles. The molecule has 1 atom stereocenters. The Hall–Kier alpha value is -1.13. The molecule has 108 valence electrons. The highest BCUT2D eigenvalue weighted by Gasteiger charge is 2.27. The fraction of sp³-hybridized carbons (Fsp3) is 0.438. The number of aryl methyl sites for hydroxylation is 3. The van der Waals surface area contributed by atoms with E-state index < -0.39 is 5.54 Å². The molecule has 0 amide bonds. The summed E-state index contributed by atoms with van der Waals surface area (Å²) in [5.74, 6) is 0. The van der Waals surface area contributed by atoms with Crippen LogP contribution in [0.1, 0.15) is 36.4 Å². The van der Waals surface area contributed by atoms with Crippen LogP contribution in [0.2, 0.25) is 0 Å². The van der Waals surface area contributed by atoms with Crippen LogP contribution < -0.4 is 5.73 Å². The number of nitrogens with two attached hydrogens (primary N) is 1. The van der Waals surface area contributed by atoms with E-state index in [9.17, 15) is 0 Å². The summed E-state index contributed by atoms with van der Waals surface area (Å²) < 4.78 is 3.03. The van der Waals surface area contributed by atoms with Crippen molar-refractivity contribution in [3.8, 4) is 0 Å². The average molecular weight is 336 g/mol. The van der Waals surface area contributed by atoms with Crippen LogP contribution >= 0.6 is 15.9 Å². The lowest BCUT2D eigenvalue weighted by atomic mass is 9.85. The van der Waals surface area contributed by atoms with Crippen LogP contribution in [0.5, 0.6) is 0 Å². The van der Waals surface area contributed by atoms with E-state index >= 15 is 0 Å². The third-order valence-electron chi connectivity index (χ3n) is 3.80. The van der Waals surface area contributed by atoms with Gasteiger partial charge in [0, 0.05) is 19.0 Å². The van der Waals surface area contributed by atoms with Crippen LogP contribution in [0.3, 0.4) is 0 Å². The summed E-state index contributed by atoms with van der Waals surface area (Å²) in [6.45, 7) is 6.30. The molecule has 0 bridgehead atoms. The maximum Gasteiger partial charge on any atom is 0.0766 e. The Labute approximate surface area is 129 Å². The molecule has 1 aromatic carbocycles. The number of nitrogens with zero attached hydrogens (tertiary/aromatic N) is 2. The van der Waals surface area contributed by atoms with Crippen molar-refractivity contribution in [3.63, 3.8) is 0 Å². The highest BCUT2D eigenvalue weighted by molar-refractivity contribution is 9.10. The Kier molecular flexibility index (Phi) is 4.35. The molecular weight excluding hydrogens is 314 g/mol. The maximum atomic E-state index is 6.60. The predicted molar refractivity (Wildman–Crippen MR) is 86.7 cm³/mol. The number of aromatic nitrogens is 2. The van der Waals surface area contributed by atoms with Gasteiger partial charge < -0.3 is 5.73 Å². The number of rotatable bonds is 4. The van der Waals surface area contributed by atoms with E-state index in [-0.39, 0.29) is 0 Å². The molecule has 0 aliphatic carbocycles. The summed E-state index contributed by atoms with van der Waals surface area (Å²) in [4.78, 5) is 0. The lowest BCUT2D eigenvalue weighted by Crippen LogP contribution is -2.37. The van der Waals surface area contributed by atoms with Crippen molar-refractivity contribution in [1.82, 2.24) is 9.78 Å². The first-order valence-electron chi connectivity index (χ1n) is 6.92. The average Bonchev–Trinajstić information content (AvgIpc) is 2.66. The monoisotopic (exact) mass is 335 g/mol. The zero-order chi connectivity index (χ0) is 14.9. The molecule has 20 heavy (non-hydrogen) atoms. The van der Waals surface area contributed by atoms with E-state index in [2.05, 4.69) is 53.9 Å². The van der Waals surface area contributed by atoms with Crippen molar-refractivity contribution in [2.45, 2.75) is 39.2 Å². The molecule has 0 aliphatic heterocycles. The van der Waals surface area contributed by atoms with Crippen LogP contribution in [0.25, 0.3) is 0 Å². The van der Waals surface area contributed by atoms with E-state index in [4.69, 9.17) is 5.73 Å². The van der Waals surface area contributed by atoms with Gasteiger partial charge in [-0.2, -0.15) is 5.10 Å². The zero-order valence-electron chi connectivity index (χ0n) is 12.6. The number of hydrogen-bond acceptors (Lipinski definition) is 2. The molecule has 0 fully saturated rings. The van der Waals surface area contributed by atoms with Gasteiger partial charge in [0.25, 0.3) is 0 Å². The molecule has 0 saturated heterocycles. The molecule has 0 spiro atoms. The van der Waals surface area contributed by atoms with Crippen molar-refractivity contribution in [2.24, 2.45) is 12.8 Å². The second-order valence-electron chi connectivity index (χ2n) is 5.59. The summed E-state index contributed by atoms with van der Waals surface area (Å²) in [5, 5.41) is 4.54.